The zero-order valence-corrected chi connectivity index (χ0v) is 10.2. The molecule has 2 rings (SSSR count). The molecule has 3 heteroatoms. The molecule has 0 spiro atoms. The smallest absolute Gasteiger partial charge is 0.124 e. The van der Waals surface area contributed by atoms with E-state index in [0.717, 1.165) is 17.1 Å². The van der Waals surface area contributed by atoms with Crippen LogP contribution in [0.15, 0.2) is 18.2 Å². The number of aryl methyl sites for hydroxylation is 2. The molecule has 0 aliphatic rings. The molecule has 3 nitrogen and oxygen atoms in total. The molecule has 0 saturated heterocycles. The van der Waals surface area contributed by atoms with Gasteiger partial charge in [-0.3, -0.25) is 4.68 Å². The van der Waals surface area contributed by atoms with Gasteiger partial charge in [-0.2, -0.15) is 5.10 Å². The topological polar surface area (TPSA) is 43.8 Å². The maximum absolute atomic E-state index is 5.93. The Labute approximate surface area is 95.9 Å². The molecule has 84 valence electrons. The lowest BCUT2D eigenvalue weighted by Crippen LogP contribution is -1.97. The van der Waals surface area contributed by atoms with E-state index in [2.05, 4.69) is 37.1 Å². The fourth-order valence-electron chi connectivity index (χ4n) is 1.91. The first-order valence-electron chi connectivity index (χ1n) is 5.38. The van der Waals surface area contributed by atoms with Gasteiger partial charge in [0.2, 0.25) is 0 Å². The predicted molar refractivity (Wildman–Crippen MR) is 67.3 cm³/mol. The average Bonchev–Trinajstić information content (AvgIpc) is 2.50. The van der Waals surface area contributed by atoms with E-state index in [1.165, 1.54) is 16.7 Å². The van der Waals surface area contributed by atoms with Gasteiger partial charge in [0.15, 0.2) is 0 Å². The summed E-state index contributed by atoms with van der Waals surface area (Å²) in [6.45, 7) is 6.24. The zero-order valence-electron chi connectivity index (χ0n) is 10.2. The van der Waals surface area contributed by atoms with E-state index in [1.807, 2.05) is 14.0 Å². The van der Waals surface area contributed by atoms with Gasteiger partial charge in [0.05, 0.1) is 5.69 Å². The molecule has 1 aromatic carbocycles. The maximum Gasteiger partial charge on any atom is 0.124 e. The summed E-state index contributed by atoms with van der Waals surface area (Å²) in [4.78, 5) is 0. The van der Waals surface area contributed by atoms with Crippen LogP contribution in [0.1, 0.15) is 16.7 Å². The molecule has 0 unspecified atom stereocenters. The van der Waals surface area contributed by atoms with Crippen LogP contribution < -0.4 is 5.73 Å². The Morgan fingerprint density at radius 1 is 1.12 bits per heavy atom. The van der Waals surface area contributed by atoms with Crippen LogP contribution in [0.3, 0.4) is 0 Å². The SMILES string of the molecule is Cc1cccc(-c2nn(C)c(N)c2C)c1C. The minimum Gasteiger partial charge on any atom is -0.384 e. The van der Waals surface area contributed by atoms with Crippen molar-refractivity contribution in [2.75, 3.05) is 5.73 Å². The van der Waals surface area contributed by atoms with Gasteiger partial charge in [-0.25, -0.2) is 0 Å². The van der Waals surface area contributed by atoms with Crippen LogP contribution in [-0.4, -0.2) is 9.78 Å². The van der Waals surface area contributed by atoms with Crippen LogP contribution >= 0.6 is 0 Å². The molecule has 0 atom stereocenters. The lowest BCUT2D eigenvalue weighted by atomic mass is 9.99. The lowest BCUT2D eigenvalue weighted by Gasteiger charge is -2.06. The highest BCUT2D eigenvalue weighted by Gasteiger charge is 2.13. The van der Waals surface area contributed by atoms with Gasteiger partial charge in [0.1, 0.15) is 5.82 Å². The molecule has 0 bridgehead atoms. The summed E-state index contributed by atoms with van der Waals surface area (Å²) >= 11 is 0. The van der Waals surface area contributed by atoms with Crippen molar-refractivity contribution in [3.63, 3.8) is 0 Å². The summed E-state index contributed by atoms with van der Waals surface area (Å²) in [7, 11) is 1.87. The van der Waals surface area contributed by atoms with E-state index in [-0.39, 0.29) is 0 Å². The quantitative estimate of drug-likeness (QED) is 0.794. The number of aromatic nitrogens is 2. The lowest BCUT2D eigenvalue weighted by molar-refractivity contribution is 0.782. The van der Waals surface area contributed by atoms with Crippen molar-refractivity contribution in [3.8, 4) is 11.3 Å². The Bertz CT molecular complexity index is 538. The monoisotopic (exact) mass is 215 g/mol. The molecule has 0 aliphatic carbocycles. The van der Waals surface area contributed by atoms with Crippen LogP contribution in [-0.2, 0) is 7.05 Å². The van der Waals surface area contributed by atoms with Crippen LogP contribution in [0.25, 0.3) is 11.3 Å². The number of nitrogen functional groups attached to an aromatic ring is 1. The fraction of sp³-hybridized carbons (Fsp3) is 0.308. The summed E-state index contributed by atoms with van der Waals surface area (Å²) in [5.74, 6) is 0.732. The molecule has 16 heavy (non-hydrogen) atoms. The number of benzene rings is 1. The fourth-order valence-corrected chi connectivity index (χ4v) is 1.91. The van der Waals surface area contributed by atoms with Gasteiger partial charge in [0.25, 0.3) is 0 Å². The highest BCUT2D eigenvalue weighted by Crippen LogP contribution is 2.29. The Hall–Kier alpha value is -1.77. The van der Waals surface area contributed by atoms with Crippen LogP contribution in [0.4, 0.5) is 5.82 Å². The number of nitrogens with two attached hydrogens (primary N) is 1. The second kappa shape index (κ2) is 3.67. The van der Waals surface area contributed by atoms with Crippen LogP contribution in [0, 0.1) is 20.8 Å². The molecular formula is C13H17N3. The summed E-state index contributed by atoms with van der Waals surface area (Å²) in [6.07, 6.45) is 0. The molecule has 2 aromatic rings. The second-order valence-corrected chi connectivity index (χ2v) is 4.23. The Balaban J connectivity index is 2.68. The number of rotatable bonds is 1. The van der Waals surface area contributed by atoms with E-state index in [4.69, 9.17) is 5.73 Å². The number of nitrogens with zero attached hydrogens (tertiary/aromatic N) is 2. The first-order valence-corrected chi connectivity index (χ1v) is 5.38. The first-order chi connectivity index (χ1) is 7.52. The molecule has 1 aromatic heterocycles. The van der Waals surface area contributed by atoms with E-state index in [1.54, 1.807) is 4.68 Å². The van der Waals surface area contributed by atoms with E-state index >= 15 is 0 Å². The highest BCUT2D eigenvalue weighted by molar-refractivity contribution is 5.71. The number of hydrogen-bond donors (Lipinski definition) is 1. The van der Waals surface area contributed by atoms with Gasteiger partial charge in [0, 0.05) is 18.2 Å². The second-order valence-electron chi connectivity index (χ2n) is 4.23. The van der Waals surface area contributed by atoms with E-state index in [0.29, 0.717) is 0 Å². The molecule has 0 aliphatic heterocycles. The van der Waals surface area contributed by atoms with Crippen LogP contribution in [0.5, 0.6) is 0 Å². The van der Waals surface area contributed by atoms with Crippen molar-refractivity contribution >= 4 is 5.82 Å². The van der Waals surface area contributed by atoms with Crippen molar-refractivity contribution in [3.05, 3.63) is 34.9 Å². The third-order valence-electron chi connectivity index (χ3n) is 3.20. The maximum atomic E-state index is 5.93. The van der Waals surface area contributed by atoms with Gasteiger partial charge < -0.3 is 5.73 Å². The van der Waals surface area contributed by atoms with E-state index in [9.17, 15) is 0 Å². The molecule has 0 amide bonds. The van der Waals surface area contributed by atoms with Crippen molar-refractivity contribution in [1.29, 1.82) is 0 Å². The van der Waals surface area contributed by atoms with Gasteiger partial charge >= 0.3 is 0 Å². The minimum atomic E-state index is 0.732. The van der Waals surface area contributed by atoms with Crippen molar-refractivity contribution in [2.24, 2.45) is 7.05 Å². The van der Waals surface area contributed by atoms with Crippen LogP contribution in [0.2, 0.25) is 0 Å². The van der Waals surface area contributed by atoms with Crippen molar-refractivity contribution in [2.45, 2.75) is 20.8 Å². The number of hydrogen-bond acceptors (Lipinski definition) is 2. The predicted octanol–water partition coefficient (Wildman–Crippen LogP) is 2.59. The molecule has 1 heterocycles. The Kier molecular flexibility index (Phi) is 2.46. The average molecular weight is 215 g/mol. The summed E-state index contributed by atoms with van der Waals surface area (Å²) in [6, 6.07) is 6.26. The molecule has 0 saturated carbocycles. The minimum absolute atomic E-state index is 0.732. The van der Waals surface area contributed by atoms with E-state index < -0.39 is 0 Å². The number of anilines is 1. The van der Waals surface area contributed by atoms with Gasteiger partial charge in [-0.1, -0.05) is 18.2 Å². The standard InChI is InChI=1S/C13H17N3/c1-8-6-5-7-11(9(8)2)12-10(3)13(14)16(4)15-12/h5-7H,14H2,1-4H3. The zero-order chi connectivity index (χ0) is 11.9. The van der Waals surface area contributed by atoms with Gasteiger partial charge in [-0.15, -0.1) is 0 Å². The first kappa shape index (κ1) is 10.7. The summed E-state index contributed by atoms with van der Waals surface area (Å²) in [5, 5.41) is 4.47. The summed E-state index contributed by atoms with van der Waals surface area (Å²) in [5.41, 5.74) is 11.7. The largest absolute Gasteiger partial charge is 0.384 e. The Morgan fingerprint density at radius 3 is 2.38 bits per heavy atom. The highest BCUT2D eigenvalue weighted by atomic mass is 15.3. The van der Waals surface area contributed by atoms with Crippen molar-refractivity contribution in [1.82, 2.24) is 9.78 Å². The summed E-state index contributed by atoms with van der Waals surface area (Å²) < 4.78 is 1.73. The third-order valence-corrected chi connectivity index (χ3v) is 3.20. The normalized spacial score (nSPS) is 10.8. The Morgan fingerprint density at radius 2 is 1.81 bits per heavy atom. The molecule has 2 N–H and O–H groups in total. The van der Waals surface area contributed by atoms with Crippen molar-refractivity contribution < 1.29 is 0 Å². The molecular weight excluding hydrogens is 198 g/mol. The molecule has 0 fully saturated rings. The van der Waals surface area contributed by atoms with Gasteiger partial charge in [-0.05, 0) is 31.9 Å². The third kappa shape index (κ3) is 1.48. The molecule has 0 radical (unpaired) electrons.